The van der Waals surface area contributed by atoms with E-state index < -0.39 is 0 Å². The van der Waals surface area contributed by atoms with Crippen LogP contribution >= 0.6 is 0 Å². The molecule has 1 aliphatic heterocycles. The molecule has 0 bridgehead atoms. The zero-order chi connectivity index (χ0) is 17.8. The van der Waals surface area contributed by atoms with Gasteiger partial charge in [0, 0.05) is 30.3 Å². The lowest BCUT2D eigenvalue weighted by Gasteiger charge is -2.39. The van der Waals surface area contributed by atoms with Crippen LogP contribution in [-0.2, 0) is 4.79 Å². The summed E-state index contributed by atoms with van der Waals surface area (Å²) >= 11 is 0. The van der Waals surface area contributed by atoms with Crippen molar-refractivity contribution < 1.29 is 14.7 Å². The minimum absolute atomic E-state index is 0.0374. The van der Waals surface area contributed by atoms with E-state index in [0.717, 1.165) is 12.8 Å². The second kappa shape index (κ2) is 7.83. The number of likely N-dealkylation sites (tertiary alicyclic amines) is 1. The van der Waals surface area contributed by atoms with Crippen molar-refractivity contribution in [1.82, 2.24) is 4.90 Å². The SMILES string of the molecule is C=CC(=O)Nc1cccc(C(=O)N2CC[C@@H](O)[C@H](C3CCCC3)C2)c1. The van der Waals surface area contributed by atoms with Gasteiger partial charge in [0.05, 0.1) is 6.10 Å². The Labute approximate surface area is 148 Å². The molecule has 1 saturated heterocycles. The van der Waals surface area contributed by atoms with Gasteiger partial charge in [0.25, 0.3) is 5.91 Å². The highest BCUT2D eigenvalue weighted by Crippen LogP contribution is 2.36. The number of carbonyl (C=O) groups is 2. The van der Waals surface area contributed by atoms with Crippen LogP contribution in [0.3, 0.4) is 0 Å². The molecule has 2 fully saturated rings. The Balaban J connectivity index is 1.70. The lowest BCUT2D eigenvalue weighted by atomic mass is 9.82. The smallest absolute Gasteiger partial charge is 0.253 e. The highest BCUT2D eigenvalue weighted by atomic mass is 16.3. The van der Waals surface area contributed by atoms with E-state index in [1.165, 1.54) is 18.9 Å². The van der Waals surface area contributed by atoms with E-state index in [4.69, 9.17) is 0 Å². The largest absolute Gasteiger partial charge is 0.393 e. The quantitative estimate of drug-likeness (QED) is 0.827. The number of carbonyl (C=O) groups excluding carboxylic acids is 2. The molecular formula is C20H26N2O3. The summed E-state index contributed by atoms with van der Waals surface area (Å²) in [5.41, 5.74) is 1.14. The molecule has 0 unspecified atom stereocenters. The third kappa shape index (κ3) is 4.10. The summed E-state index contributed by atoms with van der Waals surface area (Å²) < 4.78 is 0. The van der Waals surface area contributed by atoms with E-state index in [0.29, 0.717) is 36.7 Å². The fraction of sp³-hybridized carbons (Fsp3) is 0.500. The molecule has 1 aromatic rings. The lowest BCUT2D eigenvalue weighted by molar-refractivity contribution is -0.111. The first-order valence-corrected chi connectivity index (χ1v) is 9.09. The summed E-state index contributed by atoms with van der Waals surface area (Å²) in [6.45, 7) is 4.62. The van der Waals surface area contributed by atoms with Crippen LogP contribution in [0.25, 0.3) is 0 Å². The zero-order valence-electron chi connectivity index (χ0n) is 14.5. The van der Waals surface area contributed by atoms with Crippen LogP contribution in [0.15, 0.2) is 36.9 Å². The number of nitrogens with zero attached hydrogens (tertiary/aromatic N) is 1. The molecule has 3 rings (SSSR count). The van der Waals surface area contributed by atoms with Crippen molar-refractivity contribution in [3.8, 4) is 0 Å². The molecule has 1 heterocycles. The fourth-order valence-electron chi connectivity index (χ4n) is 4.11. The van der Waals surface area contributed by atoms with Gasteiger partial charge in [-0.05, 0) is 36.6 Å². The maximum Gasteiger partial charge on any atom is 0.253 e. The van der Waals surface area contributed by atoms with Gasteiger partial charge < -0.3 is 15.3 Å². The van der Waals surface area contributed by atoms with Crippen LogP contribution in [0.5, 0.6) is 0 Å². The normalized spacial score (nSPS) is 24.1. The average Bonchev–Trinajstić information content (AvgIpc) is 3.16. The molecule has 2 amide bonds. The predicted molar refractivity (Wildman–Crippen MR) is 97.2 cm³/mol. The van der Waals surface area contributed by atoms with Gasteiger partial charge >= 0.3 is 0 Å². The van der Waals surface area contributed by atoms with Gasteiger partial charge in [-0.25, -0.2) is 0 Å². The highest BCUT2D eigenvalue weighted by molar-refractivity contribution is 6.00. The number of anilines is 1. The van der Waals surface area contributed by atoms with E-state index >= 15 is 0 Å². The Morgan fingerprint density at radius 3 is 2.72 bits per heavy atom. The van der Waals surface area contributed by atoms with Crippen molar-refractivity contribution in [2.75, 3.05) is 18.4 Å². The Morgan fingerprint density at radius 2 is 2.00 bits per heavy atom. The van der Waals surface area contributed by atoms with Gasteiger partial charge in [0.15, 0.2) is 0 Å². The van der Waals surface area contributed by atoms with E-state index in [9.17, 15) is 14.7 Å². The van der Waals surface area contributed by atoms with E-state index in [2.05, 4.69) is 11.9 Å². The first kappa shape index (κ1) is 17.7. The van der Waals surface area contributed by atoms with Gasteiger partial charge in [0.2, 0.25) is 5.91 Å². The first-order valence-electron chi connectivity index (χ1n) is 9.09. The Morgan fingerprint density at radius 1 is 1.24 bits per heavy atom. The second-order valence-corrected chi connectivity index (χ2v) is 7.09. The minimum Gasteiger partial charge on any atom is -0.393 e. The highest BCUT2D eigenvalue weighted by Gasteiger charge is 2.36. The molecule has 1 saturated carbocycles. The average molecular weight is 342 g/mol. The third-order valence-corrected chi connectivity index (χ3v) is 5.48. The number of nitrogens with one attached hydrogen (secondary N) is 1. The fourth-order valence-corrected chi connectivity index (χ4v) is 4.11. The molecule has 0 spiro atoms. The second-order valence-electron chi connectivity index (χ2n) is 7.09. The number of rotatable bonds is 4. The number of benzene rings is 1. The van der Waals surface area contributed by atoms with Crippen molar-refractivity contribution >= 4 is 17.5 Å². The predicted octanol–water partition coefficient (Wildman–Crippen LogP) is 2.82. The van der Waals surface area contributed by atoms with Crippen LogP contribution in [0.2, 0.25) is 0 Å². The number of piperidine rings is 1. The van der Waals surface area contributed by atoms with Crippen LogP contribution < -0.4 is 5.32 Å². The molecule has 5 nitrogen and oxygen atoms in total. The van der Waals surface area contributed by atoms with Crippen molar-refractivity contribution in [2.24, 2.45) is 11.8 Å². The molecule has 0 radical (unpaired) electrons. The number of hydrogen-bond donors (Lipinski definition) is 2. The minimum atomic E-state index is -0.301. The van der Waals surface area contributed by atoms with Crippen molar-refractivity contribution in [3.05, 3.63) is 42.5 Å². The summed E-state index contributed by atoms with van der Waals surface area (Å²) in [4.78, 5) is 26.2. The Hall–Kier alpha value is -2.14. The molecule has 2 N–H and O–H groups in total. The number of amides is 2. The summed E-state index contributed by atoms with van der Waals surface area (Å²) in [6.07, 6.45) is 6.32. The van der Waals surface area contributed by atoms with Crippen LogP contribution in [-0.4, -0.2) is 41.0 Å². The molecule has 1 aliphatic carbocycles. The van der Waals surface area contributed by atoms with Gasteiger partial charge in [-0.2, -0.15) is 0 Å². The van der Waals surface area contributed by atoms with Gasteiger partial charge in [-0.1, -0.05) is 38.3 Å². The molecule has 134 valence electrons. The van der Waals surface area contributed by atoms with Gasteiger partial charge in [0.1, 0.15) is 0 Å². The number of aliphatic hydroxyl groups is 1. The van der Waals surface area contributed by atoms with E-state index in [1.807, 2.05) is 4.90 Å². The van der Waals surface area contributed by atoms with Crippen molar-refractivity contribution in [1.29, 1.82) is 0 Å². The van der Waals surface area contributed by atoms with Crippen molar-refractivity contribution in [2.45, 2.75) is 38.2 Å². The number of hydrogen-bond acceptors (Lipinski definition) is 3. The zero-order valence-corrected chi connectivity index (χ0v) is 14.5. The van der Waals surface area contributed by atoms with Gasteiger partial charge in [-0.15, -0.1) is 0 Å². The number of aliphatic hydroxyl groups excluding tert-OH is 1. The molecule has 5 heteroatoms. The summed E-state index contributed by atoms with van der Waals surface area (Å²) in [5.74, 6) is 0.379. The maximum absolute atomic E-state index is 12.9. The summed E-state index contributed by atoms with van der Waals surface area (Å²) in [5, 5.41) is 13.1. The Kier molecular flexibility index (Phi) is 5.53. The third-order valence-electron chi connectivity index (χ3n) is 5.48. The van der Waals surface area contributed by atoms with E-state index in [1.54, 1.807) is 24.3 Å². The molecular weight excluding hydrogens is 316 g/mol. The molecule has 25 heavy (non-hydrogen) atoms. The van der Waals surface area contributed by atoms with E-state index in [-0.39, 0.29) is 23.8 Å². The van der Waals surface area contributed by atoms with Crippen LogP contribution in [0.4, 0.5) is 5.69 Å². The van der Waals surface area contributed by atoms with Crippen LogP contribution in [0, 0.1) is 11.8 Å². The molecule has 0 aromatic heterocycles. The van der Waals surface area contributed by atoms with Crippen LogP contribution in [0.1, 0.15) is 42.5 Å². The first-order chi connectivity index (χ1) is 12.1. The standard InChI is InChI=1S/C20H26N2O3/c1-2-19(24)21-16-9-5-8-15(12-16)20(25)22-11-10-18(23)17(13-22)14-6-3-4-7-14/h2,5,8-9,12,14,17-18,23H,1,3-4,6-7,10-11,13H2,(H,21,24)/t17-,18+/m0/s1. The monoisotopic (exact) mass is 342 g/mol. The molecule has 2 aliphatic rings. The lowest BCUT2D eigenvalue weighted by Crippen LogP contribution is -2.48. The summed E-state index contributed by atoms with van der Waals surface area (Å²) in [6, 6.07) is 6.97. The molecule has 2 atom stereocenters. The van der Waals surface area contributed by atoms with Gasteiger partial charge in [-0.3, -0.25) is 9.59 Å². The summed E-state index contributed by atoms with van der Waals surface area (Å²) in [7, 11) is 0. The topological polar surface area (TPSA) is 69.6 Å². The maximum atomic E-state index is 12.9. The molecule has 1 aromatic carbocycles. The Bertz CT molecular complexity index is 652. The van der Waals surface area contributed by atoms with Crippen molar-refractivity contribution in [3.63, 3.8) is 0 Å².